The standard InChI is InChI=1S/C21H22BrN3O3/c1-13-9-16(7-8-17(13)22)25-12-15(11-19(25)26)21(28)24-18(20(23)27)10-14-5-3-2-4-6-14/h2-9,15,18H,10-12H2,1H3,(H2,23,27)(H,24,28). The van der Waals surface area contributed by atoms with E-state index in [1.807, 2.05) is 55.5 Å². The Morgan fingerprint density at radius 2 is 1.96 bits per heavy atom. The van der Waals surface area contributed by atoms with Crippen molar-refractivity contribution in [1.82, 2.24) is 5.32 Å². The SMILES string of the molecule is Cc1cc(N2CC(C(=O)NC(Cc3ccccc3)C(N)=O)CC2=O)ccc1Br. The molecule has 3 rings (SSSR count). The zero-order valence-electron chi connectivity index (χ0n) is 15.5. The number of amides is 3. The van der Waals surface area contributed by atoms with Gasteiger partial charge in [-0.25, -0.2) is 0 Å². The molecule has 1 aliphatic heterocycles. The van der Waals surface area contributed by atoms with Gasteiger partial charge in [-0.1, -0.05) is 46.3 Å². The van der Waals surface area contributed by atoms with Crippen molar-refractivity contribution in [3.8, 4) is 0 Å². The van der Waals surface area contributed by atoms with Crippen molar-refractivity contribution in [2.45, 2.75) is 25.8 Å². The molecule has 0 spiro atoms. The summed E-state index contributed by atoms with van der Waals surface area (Å²) in [5, 5.41) is 2.72. The largest absolute Gasteiger partial charge is 0.368 e. The number of halogens is 1. The van der Waals surface area contributed by atoms with E-state index in [4.69, 9.17) is 5.73 Å². The molecule has 0 saturated carbocycles. The van der Waals surface area contributed by atoms with Gasteiger partial charge >= 0.3 is 0 Å². The topological polar surface area (TPSA) is 92.5 Å². The van der Waals surface area contributed by atoms with E-state index in [0.29, 0.717) is 6.42 Å². The summed E-state index contributed by atoms with van der Waals surface area (Å²) in [5.41, 5.74) is 8.15. The van der Waals surface area contributed by atoms with Gasteiger partial charge in [0.1, 0.15) is 6.04 Å². The van der Waals surface area contributed by atoms with E-state index in [1.165, 1.54) is 0 Å². The summed E-state index contributed by atoms with van der Waals surface area (Å²) in [4.78, 5) is 38.5. The monoisotopic (exact) mass is 443 g/mol. The number of nitrogens with two attached hydrogens (primary N) is 1. The first-order valence-electron chi connectivity index (χ1n) is 9.05. The van der Waals surface area contributed by atoms with Gasteiger partial charge in [-0.3, -0.25) is 14.4 Å². The van der Waals surface area contributed by atoms with Crippen LogP contribution >= 0.6 is 15.9 Å². The molecule has 28 heavy (non-hydrogen) atoms. The van der Waals surface area contributed by atoms with Crippen molar-refractivity contribution in [2.24, 2.45) is 11.7 Å². The van der Waals surface area contributed by atoms with Crippen LogP contribution in [0.3, 0.4) is 0 Å². The minimum absolute atomic E-state index is 0.109. The van der Waals surface area contributed by atoms with Crippen LogP contribution in [0, 0.1) is 12.8 Å². The van der Waals surface area contributed by atoms with Gasteiger partial charge < -0.3 is 16.0 Å². The van der Waals surface area contributed by atoms with Crippen LogP contribution in [0.25, 0.3) is 0 Å². The smallest absolute Gasteiger partial charge is 0.240 e. The molecule has 0 bridgehead atoms. The lowest BCUT2D eigenvalue weighted by Gasteiger charge is -2.20. The Kier molecular flexibility index (Phi) is 6.14. The molecule has 1 heterocycles. The molecule has 2 unspecified atom stereocenters. The van der Waals surface area contributed by atoms with Gasteiger partial charge in [-0.05, 0) is 36.2 Å². The van der Waals surface area contributed by atoms with E-state index in [-0.39, 0.29) is 24.8 Å². The summed E-state index contributed by atoms with van der Waals surface area (Å²) in [6.07, 6.45) is 0.427. The molecule has 2 aromatic rings. The number of primary amides is 1. The second kappa shape index (κ2) is 8.56. The van der Waals surface area contributed by atoms with Crippen molar-refractivity contribution < 1.29 is 14.4 Å². The fraction of sp³-hybridized carbons (Fsp3) is 0.286. The van der Waals surface area contributed by atoms with Crippen LogP contribution in [0.1, 0.15) is 17.5 Å². The molecular formula is C21H22BrN3O3. The molecule has 0 aromatic heterocycles. The second-order valence-electron chi connectivity index (χ2n) is 6.99. The van der Waals surface area contributed by atoms with Crippen molar-refractivity contribution in [3.05, 3.63) is 64.1 Å². The number of carbonyl (C=O) groups is 3. The van der Waals surface area contributed by atoms with Crippen LogP contribution in [0.4, 0.5) is 5.69 Å². The highest BCUT2D eigenvalue weighted by molar-refractivity contribution is 9.10. The van der Waals surface area contributed by atoms with Crippen LogP contribution in [-0.2, 0) is 20.8 Å². The fourth-order valence-electron chi connectivity index (χ4n) is 3.29. The lowest BCUT2D eigenvalue weighted by atomic mass is 10.0. The molecule has 0 aliphatic carbocycles. The third kappa shape index (κ3) is 4.59. The normalized spacial score (nSPS) is 17.4. The van der Waals surface area contributed by atoms with E-state index in [2.05, 4.69) is 21.2 Å². The number of hydrogen-bond donors (Lipinski definition) is 2. The maximum absolute atomic E-state index is 12.7. The van der Waals surface area contributed by atoms with E-state index in [1.54, 1.807) is 4.90 Å². The molecule has 1 fully saturated rings. The van der Waals surface area contributed by atoms with Crippen LogP contribution in [0.15, 0.2) is 53.0 Å². The van der Waals surface area contributed by atoms with Crippen molar-refractivity contribution in [1.29, 1.82) is 0 Å². The predicted molar refractivity (Wildman–Crippen MR) is 111 cm³/mol. The molecule has 0 radical (unpaired) electrons. The molecule has 3 N–H and O–H groups in total. The van der Waals surface area contributed by atoms with Crippen LogP contribution in [-0.4, -0.2) is 30.3 Å². The Balaban J connectivity index is 1.67. The van der Waals surface area contributed by atoms with E-state index in [0.717, 1.165) is 21.3 Å². The Morgan fingerprint density at radius 1 is 1.25 bits per heavy atom. The van der Waals surface area contributed by atoms with Gasteiger partial charge in [0, 0.05) is 29.5 Å². The average Bonchev–Trinajstić information content (AvgIpc) is 3.06. The van der Waals surface area contributed by atoms with Gasteiger partial charge in [0.25, 0.3) is 0 Å². The highest BCUT2D eigenvalue weighted by Gasteiger charge is 2.36. The van der Waals surface area contributed by atoms with Crippen LogP contribution < -0.4 is 16.0 Å². The third-order valence-electron chi connectivity index (χ3n) is 4.89. The fourth-order valence-corrected chi connectivity index (χ4v) is 3.54. The number of hydrogen-bond acceptors (Lipinski definition) is 3. The Bertz CT molecular complexity index is 901. The first-order chi connectivity index (χ1) is 13.3. The van der Waals surface area contributed by atoms with Crippen LogP contribution in [0.5, 0.6) is 0 Å². The van der Waals surface area contributed by atoms with E-state index in [9.17, 15) is 14.4 Å². The number of nitrogens with one attached hydrogen (secondary N) is 1. The third-order valence-corrected chi connectivity index (χ3v) is 5.78. The molecule has 2 atom stereocenters. The van der Waals surface area contributed by atoms with Gasteiger partial charge in [-0.2, -0.15) is 0 Å². The number of nitrogens with zero attached hydrogens (tertiary/aromatic N) is 1. The zero-order valence-corrected chi connectivity index (χ0v) is 17.1. The quantitative estimate of drug-likeness (QED) is 0.717. The molecule has 3 amide bonds. The number of aryl methyl sites for hydroxylation is 1. The summed E-state index contributed by atoms with van der Waals surface area (Å²) < 4.78 is 0.961. The summed E-state index contributed by atoms with van der Waals surface area (Å²) in [6.45, 7) is 2.22. The molecule has 146 valence electrons. The highest BCUT2D eigenvalue weighted by atomic mass is 79.9. The minimum Gasteiger partial charge on any atom is -0.368 e. The summed E-state index contributed by atoms with van der Waals surface area (Å²) in [5.74, 6) is -1.55. The molecule has 6 nitrogen and oxygen atoms in total. The Morgan fingerprint density at radius 3 is 2.61 bits per heavy atom. The van der Waals surface area contributed by atoms with Crippen molar-refractivity contribution in [3.63, 3.8) is 0 Å². The van der Waals surface area contributed by atoms with Crippen molar-refractivity contribution in [2.75, 3.05) is 11.4 Å². The Hall–Kier alpha value is -2.67. The van der Waals surface area contributed by atoms with Gasteiger partial charge in [0.05, 0.1) is 5.92 Å². The highest BCUT2D eigenvalue weighted by Crippen LogP contribution is 2.28. The first kappa shape index (κ1) is 20.1. The number of anilines is 1. The van der Waals surface area contributed by atoms with E-state index >= 15 is 0 Å². The zero-order chi connectivity index (χ0) is 20.3. The Labute approximate surface area is 172 Å². The minimum atomic E-state index is -0.811. The van der Waals surface area contributed by atoms with Crippen LogP contribution in [0.2, 0.25) is 0 Å². The second-order valence-corrected chi connectivity index (χ2v) is 7.85. The molecule has 7 heteroatoms. The number of rotatable bonds is 6. The van der Waals surface area contributed by atoms with Gasteiger partial charge in [0.15, 0.2) is 0 Å². The number of benzene rings is 2. The van der Waals surface area contributed by atoms with Crippen molar-refractivity contribution >= 4 is 39.3 Å². The maximum atomic E-state index is 12.7. The molecule has 2 aromatic carbocycles. The summed E-state index contributed by atoms with van der Waals surface area (Å²) >= 11 is 3.44. The summed E-state index contributed by atoms with van der Waals surface area (Å²) in [6, 6.07) is 14.2. The average molecular weight is 444 g/mol. The maximum Gasteiger partial charge on any atom is 0.240 e. The predicted octanol–water partition coefficient (Wildman–Crippen LogP) is 2.32. The van der Waals surface area contributed by atoms with Gasteiger partial charge in [0.2, 0.25) is 17.7 Å². The molecular weight excluding hydrogens is 422 g/mol. The lowest BCUT2D eigenvalue weighted by molar-refractivity contribution is -0.130. The first-order valence-corrected chi connectivity index (χ1v) is 9.84. The summed E-state index contributed by atoms with van der Waals surface area (Å²) in [7, 11) is 0. The van der Waals surface area contributed by atoms with Gasteiger partial charge in [-0.15, -0.1) is 0 Å². The number of carbonyl (C=O) groups excluding carboxylic acids is 3. The lowest BCUT2D eigenvalue weighted by Crippen LogP contribution is -2.48. The molecule has 1 saturated heterocycles. The van der Waals surface area contributed by atoms with E-state index < -0.39 is 17.9 Å². The molecule has 1 aliphatic rings.